The Bertz CT molecular complexity index is 1060. The van der Waals surface area contributed by atoms with Crippen LogP contribution in [0.5, 0.6) is 5.75 Å². The number of allylic oxidation sites excluding steroid dienone is 1. The van der Waals surface area contributed by atoms with Crippen molar-refractivity contribution in [3.8, 4) is 22.6 Å². The van der Waals surface area contributed by atoms with E-state index in [-0.39, 0.29) is 5.75 Å². The highest BCUT2D eigenvalue weighted by atomic mass is 16.3. The van der Waals surface area contributed by atoms with Crippen molar-refractivity contribution < 1.29 is 5.11 Å². The van der Waals surface area contributed by atoms with Gasteiger partial charge in [-0.3, -0.25) is 0 Å². The van der Waals surface area contributed by atoms with Crippen LogP contribution in [0.4, 0.5) is 0 Å². The molecule has 0 spiro atoms. The Morgan fingerprint density at radius 1 is 1.00 bits per heavy atom. The van der Waals surface area contributed by atoms with Crippen molar-refractivity contribution in [3.63, 3.8) is 0 Å². The lowest BCUT2D eigenvalue weighted by atomic mass is 9.94. The monoisotopic (exact) mass is 341 g/mol. The van der Waals surface area contributed by atoms with E-state index in [1.165, 1.54) is 0 Å². The first-order valence-electron chi connectivity index (χ1n) is 8.52. The minimum Gasteiger partial charge on any atom is -0.508 e. The zero-order valence-electron chi connectivity index (χ0n) is 14.6. The van der Waals surface area contributed by atoms with Crippen LogP contribution >= 0.6 is 0 Å². The van der Waals surface area contributed by atoms with Crippen molar-refractivity contribution in [1.29, 1.82) is 0 Å². The second-order valence-electron chi connectivity index (χ2n) is 6.34. The molecule has 0 saturated carbocycles. The molecule has 3 aromatic carbocycles. The fourth-order valence-electron chi connectivity index (χ4n) is 3.24. The SMILES string of the molecule is C=CCc1cc(C)cc(-n2nc3ccccc3n2)c1-c1ccc(O)cc1. The molecule has 0 radical (unpaired) electrons. The van der Waals surface area contributed by atoms with Crippen molar-refractivity contribution in [2.24, 2.45) is 0 Å². The van der Waals surface area contributed by atoms with Gasteiger partial charge < -0.3 is 5.11 Å². The minimum absolute atomic E-state index is 0.246. The van der Waals surface area contributed by atoms with E-state index in [0.29, 0.717) is 0 Å². The maximum atomic E-state index is 9.66. The molecule has 4 nitrogen and oxygen atoms in total. The molecule has 0 atom stereocenters. The van der Waals surface area contributed by atoms with Gasteiger partial charge in [-0.15, -0.1) is 21.6 Å². The van der Waals surface area contributed by atoms with E-state index < -0.39 is 0 Å². The first kappa shape index (κ1) is 16.1. The highest BCUT2D eigenvalue weighted by molar-refractivity contribution is 5.79. The van der Waals surface area contributed by atoms with Gasteiger partial charge in [-0.2, -0.15) is 0 Å². The summed E-state index contributed by atoms with van der Waals surface area (Å²) in [7, 11) is 0. The van der Waals surface area contributed by atoms with Crippen LogP contribution < -0.4 is 0 Å². The second kappa shape index (κ2) is 6.48. The zero-order chi connectivity index (χ0) is 18.1. The Morgan fingerprint density at radius 3 is 2.27 bits per heavy atom. The number of nitrogens with zero attached hydrogens (tertiary/aromatic N) is 3. The van der Waals surface area contributed by atoms with E-state index in [1.54, 1.807) is 16.9 Å². The van der Waals surface area contributed by atoms with Crippen LogP contribution in [0.25, 0.3) is 27.8 Å². The van der Waals surface area contributed by atoms with Gasteiger partial charge in [0.2, 0.25) is 0 Å². The summed E-state index contributed by atoms with van der Waals surface area (Å²) in [6.07, 6.45) is 2.64. The first-order valence-corrected chi connectivity index (χ1v) is 8.52. The van der Waals surface area contributed by atoms with Gasteiger partial charge in [0.15, 0.2) is 0 Å². The van der Waals surface area contributed by atoms with Gasteiger partial charge in [0.05, 0.1) is 5.69 Å². The van der Waals surface area contributed by atoms with Crippen LogP contribution in [0.2, 0.25) is 0 Å². The largest absolute Gasteiger partial charge is 0.508 e. The van der Waals surface area contributed by atoms with Gasteiger partial charge in [-0.05, 0) is 60.4 Å². The third kappa shape index (κ3) is 2.86. The van der Waals surface area contributed by atoms with E-state index >= 15 is 0 Å². The van der Waals surface area contributed by atoms with E-state index in [2.05, 4.69) is 35.8 Å². The van der Waals surface area contributed by atoms with Crippen molar-refractivity contribution in [2.45, 2.75) is 13.3 Å². The molecule has 0 aliphatic carbocycles. The smallest absolute Gasteiger partial charge is 0.115 e. The third-order valence-electron chi connectivity index (χ3n) is 4.37. The van der Waals surface area contributed by atoms with Crippen LogP contribution in [0.15, 0.2) is 73.3 Å². The molecule has 1 N–H and O–H groups in total. The van der Waals surface area contributed by atoms with Crippen LogP contribution in [-0.2, 0) is 6.42 Å². The van der Waals surface area contributed by atoms with Gasteiger partial charge in [0, 0.05) is 5.56 Å². The van der Waals surface area contributed by atoms with Crippen molar-refractivity contribution in [2.75, 3.05) is 0 Å². The van der Waals surface area contributed by atoms with Crippen LogP contribution in [0, 0.1) is 6.92 Å². The lowest BCUT2D eigenvalue weighted by Gasteiger charge is -2.15. The molecule has 0 saturated heterocycles. The molecule has 1 heterocycles. The molecule has 4 rings (SSSR count). The third-order valence-corrected chi connectivity index (χ3v) is 4.37. The Kier molecular flexibility index (Phi) is 4.01. The second-order valence-corrected chi connectivity index (χ2v) is 6.34. The molecule has 0 bridgehead atoms. The molecule has 0 unspecified atom stereocenters. The highest BCUT2D eigenvalue weighted by Crippen LogP contribution is 2.33. The van der Waals surface area contributed by atoms with E-state index in [1.807, 2.05) is 42.5 Å². The Balaban J connectivity index is 2.00. The average Bonchev–Trinajstić information content (AvgIpc) is 3.07. The summed E-state index contributed by atoms with van der Waals surface area (Å²) in [5.41, 5.74) is 6.99. The molecular formula is C22H19N3O. The molecular weight excluding hydrogens is 322 g/mol. The number of hydrogen-bond acceptors (Lipinski definition) is 3. The summed E-state index contributed by atoms with van der Waals surface area (Å²) < 4.78 is 0. The van der Waals surface area contributed by atoms with Crippen molar-refractivity contribution in [3.05, 3.63) is 84.4 Å². The molecule has 0 aliphatic heterocycles. The number of aryl methyl sites for hydroxylation is 1. The quantitative estimate of drug-likeness (QED) is 0.541. The average molecular weight is 341 g/mol. The van der Waals surface area contributed by atoms with Crippen LogP contribution in [-0.4, -0.2) is 20.1 Å². The Labute approximate surface area is 152 Å². The molecule has 26 heavy (non-hydrogen) atoms. The summed E-state index contributed by atoms with van der Waals surface area (Å²) in [4.78, 5) is 1.70. The summed E-state index contributed by atoms with van der Waals surface area (Å²) in [6, 6.07) is 19.3. The Morgan fingerprint density at radius 2 is 1.65 bits per heavy atom. The van der Waals surface area contributed by atoms with Gasteiger partial charge >= 0.3 is 0 Å². The molecule has 4 aromatic rings. The number of phenolic OH excluding ortho intramolecular Hbond substituents is 1. The van der Waals surface area contributed by atoms with E-state index in [0.717, 1.165) is 45.4 Å². The number of benzene rings is 3. The molecule has 1 aromatic heterocycles. The molecule has 128 valence electrons. The predicted octanol–water partition coefficient (Wildman–Crippen LogP) is 4.83. The first-order chi connectivity index (χ1) is 12.7. The predicted molar refractivity (Wildman–Crippen MR) is 105 cm³/mol. The molecule has 0 aliphatic rings. The van der Waals surface area contributed by atoms with E-state index in [9.17, 15) is 5.11 Å². The lowest BCUT2D eigenvalue weighted by molar-refractivity contribution is 0.475. The summed E-state index contributed by atoms with van der Waals surface area (Å²) in [6.45, 7) is 5.96. The molecule has 0 amide bonds. The Hall–Kier alpha value is -3.40. The van der Waals surface area contributed by atoms with Crippen LogP contribution in [0.3, 0.4) is 0 Å². The van der Waals surface area contributed by atoms with Crippen LogP contribution in [0.1, 0.15) is 11.1 Å². The molecule has 0 fully saturated rings. The number of rotatable bonds is 4. The van der Waals surface area contributed by atoms with Gasteiger partial charge in [-0.1, -0.05) is 36.4 Å². The summed E-state index contributed by atoms with van der Waals surface area (Å²) >= 11 is 0. The van der Waals surface area contributed by atoms with Gasteiger partial charge in [0.1, 0.15) is 16.8 Å². The normalized spacial score (nSPS) is 11.0. The summed E-state index contributed by atoms with van der Waals surface area (Å²) in [5.74, 6) is 0.246. The van der Waals surface area contributed by atoms with Gasteiger partial charge in [-0.25, -0.2) is 0 Å². The minimum atomic E-state index is 0.246. The topological polar surface area (TPSA) is 50.9 Å². The number of fused-ring (bicyclic) bond motifs is 1. The summed E-state index contributed by atoms with van der Waals surface area (Å²) in [5, 5.41) is 19.0. The standard InChI is InChI=1S/C22H19N3O/c1-3-6-17-13-15(2)14-21(22(17)16-9-11-18(26)12-10-16)25-23-19-7-4-5-8-20(19)24-25/h3-5,7-14,26H,1,6H2,2H3. The zero-order valence-corrected chi connectivity index (χ0v) is 14.6. The highest BCUT2D eigenvalue weighted by Gasteiger charge is 2.15. The maximum absolute atomic E-state index is 9.66. The van der Waals surface area contributed by atoms with E-state index in [4.69, 9.17) is 0 Å². The number of phenols is 1. The van der Waals surface area contributed by atoms with Crippen molar-refractivity contribution >= 4 is 11.0 Å². The maximum Gasteiger partial charge on any atom is 0.115 e. The van der Waals surface area contributed by atoms with Gasteiger partial charge in [0.25, 0.3) is 0 Å². The number of aromatic hydroxyl groups is 1. The van der Waals surface area contributed by atoms with Crippen molar-refractivity contribution in [1.82, 2.24) is 15.0 Å². The lowest BCUT2D eigenvalue weighted by Crippen LogP contribution is -2.04. The molecule has 4 heteroatoms. The number of hydrogen-bond donors (Lipinski definition) is 1. The fourth-order valence-corrected chi connectivity index (χ4v) is 3.24. The fraction of sp³-hybridized carbons (Fsp3) is 0.0909. The number of aromatic nitrogens is 3.